The number of para-hydroxylation sites is 2. The SMILES string of the molecule is N#Cc1ccc2c(c1)B(c1ccc(B3c4cc(C#N)ccc4N(c4ccccc4)c4ccc(C#N)cc43)cc1)c1cc(C#N)ccc1N2c1ccccc1. The molecule has 0 radical (unpaired) electrons. The largest absolute Gasteiger partial charge is 0.312 e. The Labute approximate surface area is 314 Å². The third kappa shape index (κ3) is 5.19. The second kappa shape index (κ2) is 13.1. The van der Waals surface area contributed by atoms with E-state index in [-0.39, 0.29) is 13.4 Å². The molecule has 0 N–H and O–H groups in total. The summed E-state index contributed by atoms with van der Waals surface area (Å²) in [7, 11) is 0. The lowest BCUT2D eigenvalue weighted by atomic mass is 9.33. The average Bonchev–Trinajstić information content (AvgIpc) is 3.24. The number of anilines is 6. The Bertz CT molecular complexity index is 2470. The van der Waals surface area contributed by atoms with Gasteiger partial charge in [0.2, 0.25) is 13.4 Å². The van der Waals surface area contributed by atoms with Crippen LogP contribution in [0.5, 0.6) is 0 Å². The maximum Gasteiger partial charge on any atom is 0.246 e. The first-order valence-corrected chi connectivity index (χ1v) is 17.6. The number of hydrogen-bond donors (Lipinski definition) is 0. The van der Waals surface area contributed by atoms with Gasteiger partial charge >= 0.3 is 0 Å². The Morgan fingerprint density at radius 2 is 0.611 bits per heavy atom. The first kappa shape index (κ1) is 32.2. The van der Waals surface area contributed by atoms with Crippen LogP contribution in [0.3, 0.4) is 0 Å². The zero-order valence-electron chi connectivity index (χ0n) is 28.8. The summed E-state index contributed by atoms with van der Waals surface area (Å²) in [4.78, 5) is 4.40. The summed E-state index contributed by atoms with van der Waals surface area (Å²) in [6.45, 7) is -0.527. The number of rotatable bonds is 4. The van der Waals surface area contributed by atoms with Crippen LogP contribution >= 0.6 is 0 Å². The molecular formula is C46H26B2N6. The van der Waals surface area contributed by atoms with Gasteiger partial charge in [-0.1, -0.05) is 71.6 Å². The van der Waals surface area contributed by atoms with Crippen LogP contribution in [0.2, 0.25) is 0 Å². The molecule has 0 spiro atoms. The number of hydrogen-bond acceptors (Lipinski definition) is 6. The van der Waals surface area contributed by atoms with Gasteiger partial charge in [-0.2, -0.15) is 21.0 Å². The van der Waals surface area contributed by atoms with Crippen LogP contribution in [0.25, 0.3) is 0 Å². The van der Waals surface area contributed by atoms with Crippen molar-refractivity contribution in [3.8, 4) is 24.3 Å². The number of benzene rings is 7. The molecule has 0 aromatic heterocycles. The van der Waals surface area contributed by atoms with Crippen LogP contribution in [0.1, 0.15) is 22.3 Å². The van der Waals surface area contributed by atoms with Crippen molar-refractivity contribution < 1.29 is 0 Å². The minimum absolute atomic E-state index is 0.263. The van der Waals surface area contributed by atoms with Crippen molar-refractivity contribution >= 4 is 80.3 Å². The van der Waals surface area contributed by atoms with Gasteiger partial charge in [0.1, 0.15) is 0 Å². The van der Waals surface area contributed by atoms with Crippen molar-refractivity contribution in [2.45, 2.75) is 0 Å². The molecule has 0 aliphatic carbocycles. The molecule has 8 heteroatoms. The summed E-state index contributed by atoms with van der Waals surface area (Å²) in [6.07, 6.45) is 0. The maximum absolute atomic E-state index is 10.0. The monoisotopic (exact) mass is 684 g/mol. The minimum Gasteiger partial charge on any atom is -0.312 e. The summed E-state index contributed by atoms with van der Waals surface area (Å²) in [5.74, 6) is 0. The van der Waals surface area contributed by atoms with Crippen LogP contribution in [0.4, 0.5) is 34.1 Å². The van der Waals surface area contributed by atoms with E-state index < -0.39 is 0 Å². The molecular weight excluding hydrogens is 658 g/mol. The Hall–Kier alpha value is -7.77. The Morgan fingerprint density at radius 1 is 0.333 bits per heavy atom. The quantitative estimate of drug-likeness (QED) is 0.218. The molecule has 7 aromatic rings. The number of nitrogens with zero attached hydrogens (tertiary/aromatic N) is 6. The molecule has 2 aliphatic rings. The molecule has 0 atom stereocenters. The van der Waals surface area contributed by atoms with Crippen LogP contribution in [0.15, 0.2) is 158 Å². The van der Waals surface area contributed by atoms with E-state index in [1.54, 1.807) is 0 Å². The van der Waals surface area contributed by atoms with Crippen molar-refractivity contribution in [3.63, 3.8) is 0 Å². The molecule has 0 unspecified atom stereocenters. The number of fused-ring (bicyclic) bond motifs is 4. The van der Waals surface area contributed by atoms with E-state index in [4.69, 9.17) is 0 Å². The molecule has 246 valence electrons. The van der Waals surface area contributed by atoms with Gasteiger partial charge in [-0.15, -0.1) is 0 Å². The van der Waals surface area contributed by atoms with Gasteiger partial charge in [0.15, 0.2) is 0 Å². The Kier molecular flexibility index (Phi) is 7.79. The van der Waals surface area contributed by atoms with Gasteiger partial charge < -0.3 is 9.80 Å². The lowest BCUT2D eigenvalue weighted by molar-refractivity contribution is 1.29. The summed E-state index contributed by atoms with van der Waals surface area (Å²) in [6, 6.07) is 61.4. The summed E-state index contributed by atoms with van der Waals surface area (Å²) in [5, 5.41) is 40.1. The van der Waals surface area contributed by atoms with E-state index in [0.29, 0.717) is 22.3 Å². The maximum atomic E-state index is 10.0. The van der Waals surface area contributed by atoms with E-state index in [2.05, 4.69) is 82.6 Å². The van der Waals surface area contributed by atoms with Crippen molar-refractivity contribution in [1.29, 1.82) is 21.0 Å². The molecule has 0 saturated carbocycles. The van der Waals surface area contributed by atoms with Crippen LogP contribution in [-0.4, -0.2) is 13.4 Å². The molecule has 2 aliphatic heterocycles. The highest BCUT2D eigenvalue weighted by atomic mass is 15.2. The standard InChI is InChI=1S/C46H26B2N6/c49-27-31-11-19-43-39(23-31)47(40-24-32(28-50)12-20-44(40)53(43)37-7-3-1-4-8-37)35-15-17-36(18-16-35)48-41-25-33(29-51)13-21-45(41)54(38-9-5-2-6-10-38)46-22-14-34(30-52)26-42(46)48/h1-26H. The predicted molar refractivity (Wildman–Crippen MR) is 217 cm³/mol. The van der Waals surface area contributed by atoms with Gasteiger partial charge in [0.05, 0.1) is 46.5 Å². The molecule has 0 bridgehead atoms. The summed E-state index contributed by atoms with van der Waals surface area (Å²) < 4.78 is 0. The molecule has 7 aromatic carbocycles. The Balaban J connectivity index is 1.23. The van der Waals surface area contributed by atoms with Gasteiger partial charge in [-0.3, -0.25) is 0 Å². The molecule has 2 heterocycles. The average molecular weight is 684 g/mol. The van der Waals surface area contributed by atoms with Crippen LogP contribution in [-0.2, 0) is 0 Å². The van der Waals surface area contributed by atoms with E-state index in [1.807, 2.05) is 109 Å². The van der Waals surface area contributed by atoms with Gasteiger partial charge in [0.25, 0.3) is 0 Å². The van der Waals surface area contributed by atoms with E-state index in [9.17, 15) is 21.0 Å². The van der Waals surface area contributed by atoms with Gasteiger partial charge in [0, 0.05) is 34.1 Å². The molecule has 6 nitrogen and oxygen atoms in total. The molecule has 0 saturated heterocycles. The minimum atomic E-state index is -0.263. The fourth-order valence-electron chi connectivity index (χ4n) is 8.14. The van der Waals surface area contributed by atoms with Crippen molar-refractivity contribution in [1.82, 2.24) is 0 Å². The third-order valence-electron chi connectivity index (χ3n) is 10.5. The first-order valence-electron chi connectivity index (χ1n) is 17.6. The molecule has 9 rings (SSSR count). The zero-order valence-corrected chi connectivity index (χ0v) is 28.8. The first-order chi connectivity index (χ1) is 26.6. The van der Waals surface area contributed by atoms with Crippen molar-refractivity contribution in [3.05, 3.63) is 180 Å². The van der Waals surface area contributed by atoms with E-state index in [0.717, 1.165) is 66.9 Å². The molecule has 0 fully saturated rings. The summed E-state index contributed by atoms with van der Waals surface area (Å²) in [5.41, 5.74) is 14.0. The topological polar surface area (TPSA) is 102 Å². The zero-order chi connectivity index (χ0) is 36.8. The highest BCUT2D eigenvalue weighted by Gasteiger charge is 2.38. The van der Waals surface area contributed by atoms with Gasteiger partial charge in [-0.25, -0.2) is 0 Å². The lowest BCUT2D eigenvalue weighted by Gasteiger charge is -2.38. The smallest absolute Gasteiger partial charge is 0.246 e. The van der Waals surface area contributed by atoms with Crippen molar-refractivity contribution in [2.24, 2.45) is 0 Å². The van der Waals surface area contributed by atoms with E-state index in [1.165, 1.54) is 0 Å². The fourth-order valence-corrected chi connectivity index (χ4v) is 8.14. The highest BCUT2D eigenvalue weighted by Crippen LogP contribution is 2.38. The molecule has 0 amide bonds. The van der Waals surface area contributed by atoms with Crippen LogP contribution in [0, 0.1) is 45.3 Å². The second-order valence-corrected chi connectivity index (χ2v) is 13.4. The highest BCUT2D eigenvalue weighted by molar-refractivity contribution is 6.99. The Morgan fingerprint density at radius 3 is 0.870 bits per heavy atom. The molecule has 54 heavy (non-hydrogen) atoms. The lowest BCUT2D eigenvalue weighted by Crippen LogP contribution is -2.59. The van der Waals surface area contributed by atoms with Crippen LogP contribution < -0.4 is 42.6 Å². The normalized spacial score (nSPS) is 12.2. The van der Waals surface area contributed by atoms with E-state index >= 15 is 0 Å². The van der Waals surface area contributed by atoms with Crippen molar-refractivity contribution in [2.75, 3.05) is 9.80 Å². The second-order valence-electron chi connectivity index (χ2n) is 13.4. The predicted octanol–water partition coefficient (Wildman–Crippen LogP) is 5.77. The fraction of sp³-hybridized carbons (Fsp3) is 0. The number of nitriles is 4. The summed E-state index contributed by atoms with van der Waals surface area (Å²) >= 11 is 0. The van der Waals surface area contributed by atoms with Gasteiger partial charge in [-0.05, 0) is 119 Å². The third-order valence-corrected chi connectivity index (χ3v) is 10.5.